The Labute approximate surface area is 106 Å². The van der Waals surface area contributed by atoms with Crippen LogP contribution < -0.4 is 15.8 Å². The highest BCUT2D eigenvalue weighted by Crippen LogP contribution is 2.32. The first kappa shape index (κ1) is 12.7. The molecule has 0 heterocycles. The molecule has 5 heteroatoms. The van der Waals surface area contributed by atoms with Gasteiger partial charge in [0.15, 0.2) is 0 Å². The Morgan fingerprint density at radius 2 is 2.33 bits per heavy atom. The van der Waals surface area contributed by atoms with Crippen LogP contribution in [0.15, 0.2) is 18.2 Å². The zero-order valence-electron chi connectivity index (χ0n) is 10.3. The monoisotopic (exact) mass is 250 g/mol. The third-order valence-electron chi connectivity index (χ3n) is 3.14. The Kier molecular flexibility index (Phi) is 3.72. The minimum atomic E-state index is -0.458. The largest absolute Gasteiger partial charge is 0.497 e. The normalized spacial score (nSPS) is 16.1. The summed E-state index contributed by atoms with van der Waals surface area (Å²) in [6, 6.07) is 4.92. The number of methoxy groups -OCH3 is 1. The zero-order chi connectivity index (χ0) is 13.1. The van der Waals surface area contributed by atoms with E-state index in [1.165, 1.54) is 7.11 Å². The second-order valence-corrected chi connectivity index (χ2v) is 4.57. The molecule has 1 aliphatic carbocycles. The topological polar surface area (TPSA) is 84.6 Å². The molecule has 0 saturated heterocycles. The summed E-state index contributed by atoms with van der Waals surface area (Å²) in [6.45, 7) is 0.264. The first-order valence-electron chi connectivity index (χ1n) is 6.01. The molecule has 1 unspecified atom stereocenters. The van der Waals surface area contributed by atoms with Crippen LogP contribution in [0.25, 0.3) is 0 Å². The number of anilines is 1. The van der Waals surface area contributed by atoms with Crippen molar-refractivity contribution in [1.82, 2.24) is 5.32 Å². The molecular weight excluding hydrogens is 232 g/mol. The van der Waals surface area contributed by atoms with Gasteiger partial charge in [-0.25, -0.2) is 0 Å². The Morgan fingerprint density at radius 3 is 2.94 bits per heavy atom. The molecule has 5 nitrogen and oxygen atoms in total. The molecule has 18 heavy (non-hydrogen) atoms. The molecule has 1 fully saturated rings. The van der Waals surface area contributed by atoms with Crippen molar-refractivity contribution < 1.29 is 14.6 Å². The second kappa shape index (κ2) is 5.27. The van der Waals surface area contributed by atoms with Crippen molar-refractivity contribution in [2.75, 3.05) is 19.4 Å². The second-order valence-electron chi connectivity index (χ2n) is 4.57. The lowest BCUT2D eigenvalue weighted by molar-refractivity contribution is 0.0901. The smallest absolute Gasteiger partial charge is 0.253 e. The van der Waals surface area contributed by atoms with Crippen molar-refractivity contribution in [3.8, 4) is 5.75 Å². The number of rotatable bonds is 5. The van der Waals surface area contributed by atoms with Gasteiger partial charge in [0.1, 0.15) is 5.75 Å². The van der Waals surface area contributed by atoms with Gasteiger partial charge in [0.2, 0.25) is 0 Å². The first-order chi connectivity index (χ1) is 8.61. The maximum absolute atomic E-state index is 11.9. The van der Waals surface area contributed by atoms with Crippen molar-refractivity contribution in [2.24, 2.45) is 5.92 Å². The molecule has 1 aromatic rings. The number of amides is 1. The minimum Gasteiger partial charge on any atom is -0.497 e. The van der Waals surface area contributed by atoms with E-state index in [0.29, 0.717) is 22.9 Å². The van der Waals surface area contributed by atoms with E-state index in [1.54, 1.807) is 18.2 Å². The molecule has 0 bridgehead atoms. The predicted octanol–water partition coefficient (Wildman–Crippen LogP) is 0.778. The summed E-state index contributed by atoms with van der Waals surface area (Å²) in [5.41, 5.74) is 6.51. The van der Waals surface area contributed by atoms with E-state index in [2.05, 4.69) is 5.32 Å². The van der Waals surface area contributed by atoms with Gasteiger partial charge in [0.05, 0.1) is 18.8 Å². The van der Waals surface area contributed by atoms with Gasteiger partial charge in [0.25, 0.3) is 5.91 Å². The first-order valence-corrected chi connectivity index (χ1v) is 6.01. The fourth-order valence-corrected chi connectivity index (χ4v) is 1.80. The number of aliphatic hydroxyl groups excluding tert-OH is 1. The maximum atomic E-state index is 11.9. The van der Waals surface area contributed by atoms with Crippen molar-refractivity contribution in [3.63, 3.8) is 0 Å². The molecule has 98 valence electrons. The van der Waals surface area contributed by atoms with Crippen LogP contribution in [0.4, 0.5) is 5.69 Å². The third-order valence-corrected chi connectivity index (χ3v) is 3.14. The summed E-state index contributed by atoms with van der Waals surface area (Å²) < 4.78 is 5.05. The van der Waals surface area contributed by atoms with Gasteiger partial charge in [-0.15, -0.1) is 0 Å². The molecule has 2 rings (SSSR count). The molecule has 1 amide bonds. The number of carbonyl (C=O) groups excluding carboxylic acids is 1. The van der Waals surface area contributed by atoms with Gasteiger partial charge < -0.3 is 20.9 Å². The van der Waals surface area contributed by atoms with Gasteiger partial charge in [-0.1, -0.05) is 0 Å². The Hall–Kier alpha value is -1.75. The summed E-state index contributed by atoms with van der Waals surface area (Å²) >= 11 is 0. The van der Waals surface area contributed by atoms with Crippen molar-refractivity contribution >= 4 is 11.6 Å². The highest BCUT2D eigenvalue weighted by Gasteiger charge is 2.29. The Morgan fingerprint density at radius 1 is 1.61 bits per heavy atom. The van der Waals surface area contributed by atoms with Crippen LogP contribution >= 0.6 is 0 Å². The minimum absolute atomic E-state index is 0.264. The van der Waals surface area contributed by atoms with Crippen molar-refractivity contribution in [1.29, 1.82) is 0 Å². The van der Waals surface area contributed by atoms with Crippen LogP contribution in [0.1, 0.15) is 23.2 Å². The lowest BCUT2D eigenvalue weighted by Crippen LogP contribution is -2.33. The Balaban J connectivity index is 1.98. The number of nitrogens with two attached hydrogens (primary N) is 1. The third kappa shape index (κ3) is 2.92. The molecule has 4 N–H and O–H groups in total. The van der Waals surface area contributed by atoms with E-state index in [0.717, 1.165) is 12.8 Å². The summed E-state index contributed by atoms with van der Waals surface area (Å²) in [5.74, 6) is 0.635. The van der Waals surface area contributed by atoms with Gasteiger partial charge in [-0.3, -0.25) is 4.79 Å². The van der Waals surface area contributed by atoms with E-state index in [1.807, 2.05) is 0 Å². The van der Waals surface area contributed by atoms with Gasteiger partial charge in [0, 0.05) is 12.2 Å². The van der Waals surface area contributed by atoms with E-state index in [-0.39, 0.29) is 12.5 Å². The van der Waals surface area contributed by atoms with Crippen molar-refractivity contribution in [2.45, 2.75) is 18.9 Å². The Bertz CT molecular complexity index is 444. The fourth-order valence-electron chi connectivity index (χ4n) is 1.80. The quantitative estimate of drug-likeness (QED) is 0.674. The van der Waals surface area contributed by atoms with E-state index >= 15 is 0 Å². The van der Waals surface area contributed by atoms with E-state index in [9.17, 15) is 9.90 Å². The van der Waals surface area contributed by atoms with E-state index < -0.39 is 6.10 Å². The molecule has 0 radical (unpaired) electrons. The van der Waals surface area contributed by atoms with Gasteiger partial charge in [-0.05, 0) is 37.0 Å². The van der Waals surface area contributed by atoms with Gasteiger partial charge in [-0.2, -0.15) is 0 Å². The fraction of sp³-hybridized carbons (Fsp3) is 0.462. The number of ether oxygens (including phenoxy) is 1. The standard InChI is InChI=1S/C13H18N2O3/c1-18-9-4-5-11(14)10(6-9)13(17)15-7-12(16)8-2-3-8/h4-6,8,12,16H,2-3,7,14H2,1H3,(H,15,17). The number of aliphatic hydroxyl groups is 1. The lowest BCUT2D eigenvalue weighted by atomic mass is 10.1. The average molecular weight is 250 g/mol. The molecule has 1 aliphatic rings. The number of carbonyl (C=O) groups is 1. The predicted molar refractivity (Wildman–Crippen MR) is 68.5 cm³/mol. The molecule has 0 aliphatic heterocycles. The summed E-state index contributed by atoms with van der Waals surface area (Å²) in [7, 11) is 1.53. The molecule has 1 aromatic carbocycles. The number of benzene rings is 1. The van der Waals surface area contributed by atoms with E-state index in [4.69, 9.17) is 10.5 Å². The number of nitrogen functional groups attached to an aromatic ring is 1. The van der Waals surface area contributed by atoms with Crippen LogP contribution in [0.3, 0.4) is 0 Å². The number of hydrogen-bond acceptors (Lipinski definition) is 4. The van der Waals surface area contributed by atoms with Crippen LogP contribution in [0.5, 0.6) is 5.75 Å². The number of hydrogen-bond donors (Lipinski definition) is 3. The lowest BCUT2D eigenvalue weighted by Gasteiger charge is -2.12. The highest BCUT2D eigenvalue weighted by atomic mass is 16.5. The summed E-state index contributed by atoms with van der Waals surface area (Å²) in [6.07, 6.45) is 1.62. The summed E-state index contributed by atoms with van der Waals surface area (Å²) in [5, 5.41) is 12.4. The maximum Gasteiger partial charge on any atom is 0.253 e. The number of nitrogens with one attached hydrogen (secondary N) is 1. The molecule has 0 spiro atoms. The van der Waals surface area contributed by atoms with Crippen LogP contribution in [0, 0.1) is 5.92 Å². The summed E-state index contributed by atoms with van der Waals surface area (Å²) in [4.78, 5) is 11.9. The SMILES string of the molecule is COc1ccc(N)c(C(=O)NCC(O)C2CC2)c1. The average Bonchev–Trinajstić information content (AvgIpc) is 3.20. The molecular formula is C13H18N2O3. The molecule has 1 saturated carbocycles. The van der Waals surface area contributed by atoms with Crippen LogP contribution in [-0.2, 0) is 0 Å². The van der Waals surface area contributed by atoms with Crippen LogP contribution in [0.2, 0.25) is 0 Å². The highest BCUT2D eigenvalue weighted by molar-refractivity contribution is 5.99. The molecule has 1 atom stereocenters. The molecule has 0 aromatic heterocycles. The zero-order valence-corrected chi connectivity index (χ0v) is 10.3. The van der Waals surface area contributed by atoms with Gasteiger partial charge >= 0.3 is 0 Å². The van der Waals surface area contributed by atoms with Crippen LogP contribution in [-0.4, -0.2) is 30.8 Å². The van der Waals surface area contributed by atoms with Crippen molar-refractivity contribution in [3.05, 3.63) is 23.8 Å².